The lowest BCUT2D eigenvalue weighted by molar-refractivity contribution is -0.128. The Balaban J connectivity index is 1.22. The van der Waals surface area contributed by atoms with Crippen molar-refractivity contribution in [3.05, 3.63) is 72.6 Å². The molecular formula is C23H23N7OS. The number of nitrogens with zero attached hydrogens (tertiary/aromatic N) is 7. The average Bonchev–Trinajstić information content (AvgIpc) is 3.30. The molecular weight excluding hydrogens is 422 g/mol. The molecule has 5 rings (SSSR count). The number of amides is 1. The number of para-hydroxylation sites is 1. The summed E-state index contributed by atoms with van der Waals surface area (Å²) in [5.41, 5.74) is 3.50. The highest BCUT2D eigenvalue weighted by molar-refractivity contribution is 7.99. The summed E-state index contributed by atoms with van der Waals surface area (Å²) in [4.78, 5) is 25.6. The molecule has 2 aromatic carbocycles. The molecule has 2 aromatic heterocycles. The van der Waals surface area contributed by atoms with Gasteiger partial charge in [-0.3, -0.25) is 4.79 Å². The first-order valence-electron chi connectivity index (χ1n) is 10.6. The number of hydrogen-bond donors (Lipinski definition) is 0. The number of piperazine rings is 1. The van der Waals surface area contributed by atoms with Gasteiger partial charge in [-0.1, -0.05) is 53.7 Å². The molecule has 0 spiro atoms. The number of carbonyl (C=O) groups is 1. The highest BCUT2D eigenvalue weighted by atomic mass is 32.2. The molecule has 1 saturated heterocycles. The number of thioether (sulfide) groups is 1. The number of rotatable bonds is 6. The van der Waals surface area contributed by atoms with Gasteiger partial charge in [-0.2, -0.15) is 4.68 Å². The van der Waals surface area contributed by atoms with Crippen LogP contribution in [0.3, 0.4) is 0 Å². The van der Waals surface area contributed by atoms with Crippen LogP contribution < -0.4 is 4.90 Å². The molecule has 1 fully saturated rings. The van der Waals surface area contributed by atoms with Crippen molar-refractivity contribution in [2.45, 2.75) is 5.75 Å². The van der Waals surface area contributed by atoms with Gasteiger partial charge in [0.05, 0.1) is 11.4 Å². The predicted molar refractivity (Wildman–Crippen MR) is 126 cm³/mol. The third kappa shape index (κ3) is 4.29. The lowest BCUT2D eigenvalue weighted by Crippen LogP contribution is -2.49. The van der Waals surface area contributed by atoms with Gasteiger partial charge in [0.2, 0.25) is 5.91 Å². The standard InChI is InChI=1S/C23H23N7OS/c31-20(16-32-15-18-7-3-1-4-8-18)28-11-13-29(14-12-28)22-21-23(25-17-24-22)30(27-26-21)19-9-5-2-6-10-19/h1-10,17H,11-16H2. The average molecular weight is 446 g/mol. The van der Waals surface area contributed by atoms with Gasteiger partial charge in [0, 0.05) is 31.9 Å². The van der Waals surface area contributed by atoms with Crippen LogP contribution >= 0.6 is 11.8 Å². The van der Waals surface area contributed by atoms with E-state index >= 15 is 0 Å². The highest BCUT2D eigenvalue weighted by Gasteiger charge is 2.24. The zero-order valence-electron chi connectivity index (χ0n) is 17.5. The zero-order chi connectivity index (χ0) is 21.8. The van der Waals surface area contributed by atoms with Gasteiger partial charge in [0.15, 0.2) is 17.0 Å². The molecule has 0 bridgehead atoms. The summed E-state index contributed by atoms with van der Waals surface area (Å²) in [6, 6.07) is 20.1. The summed E-state index contributed by atoms with van der Waals surface area (Å²) in [7, 11) is 0. The lowest BCUT2D eigenvalue weighted by atomic mass is 10.2. The van der Waals surface area contributed by atoms with Crippen LogP contribution in [0.15, 0.2) is 67.0 Å². The Bertz CT molecular complexity index is 1190. The van der Waals surface area contributed by atoms with Crippen LogP contribution in [0, 0.1) is 0 Å². The summed E-state index contributed by atoms with van der Waals surface area (Å²) < 4.78 is 1.73. The predicted octanol–water partition coefficient (Wildman–Crippen LogP) is 2.79. The molecule has 4 aromatic rings. The van der Waals surface area contributed by atoms with E-state index in [0.717, 1.165) is 17.3 Å². The van der Waals surface area contributed by atoms with Gasteiger partial charge in [-0.25, -0.2) is 9.97 Å². The van der Waals surface area contributed by atoms with E-state index in [-0.39, 0.29) is 5.91 Å². The summed E-state index contributed by atoms with van der Waals surface area (Å²) in [6.45, 7) is 2.75. The first-order valence-corrected chi connectivity index (χ1v) is 11.7. The second kappa shape index (κ2) is 9.35. The van der Waals surface area contributed by atoms with Crippen molar-refractivity contribution < 1.29 is 4.79 Å². The van der Waals surface area contributed by atoms with Crippen LogP contribution in [0.2, 0.25) is 0 Å². The fraction of sp³-hybridized carbons (Fsp3) is 0.261. The largest absolute Gasteiger partial charge is 0.351 e. The maximum atomic E-state index is 12.6. The molecule has 0 aliphatic carbocycles. The van der Waals surface area contributed by atoms with E-state index in [4.69, 9.17) is 0 Å². The minimum absolute atomic E-state index is 0.188. The van der Waals surface area contributed by atoms with Gasteiger partial charge in [-0.05, 0) is 17.7 Å². The molecule has 32 heavy (non-hydrogen) atoms. The van der Waals surface area contributed by atoms with Crippen molar-refractivity contribution in [3.63, 3.8) is 0 Å². The second-order valence-corrected chi connectivity index (χ2v) is 8.54. The number of fused-ring (bicyclic) bond motifs is 1. The number of hydrogen-bond acceptors (Lipinski definition) is 7. The van der Waals surface area contributed by atoms with Gasteiger partial charge in [-0.15, -0.1) is 16.9 Å². The Labute approximate surface area is 190 Å². The van der Waals surface area contributed by atoms with E-state index in [1.54, 1.807) is 22.8 Å². The number of carbonyl (C=O) groups excluding carboxylic acids is 1. The quantitative estimate of drug-likeness (QED) is 0.451. The van der Waals surface area contributed by atoms with Crippen molar-refractivity contribution in [1.29, 1.82) is 0 Å². The number of benzene rings is 2. The Morgan fingerprint density at radius 1 is 0.906 bits per heavy atom. The summed E-state index contributed by atoms with van der Waals surface area (Å²) in [6.07, 6.45) is 1.55. The Morgan fingerprint density at radius 2 is 1.62 bits per heavy atom. The number of aromatic nitrogens is 5. The third-order valence-corrected chi connectivity index (χ3v) is 6.48. The van der Waals surface area contributed by atoms with Crippen LogP contribution in [0.4, 0.5) is 5.82 Å². The normalized spacial score (nSPS) is 14.1. The fourth-order valence-electron chi connectivity index (χ4n) is 3.80. The van der Waals surface area contributed by atoms with E-state index in [1.807, 2.05) is 53.4 Å². The van der Waals surface area contributed by atoms with E-state index in [9.17, 15) is 4.79 Å². The summed E-state index contributed by atoms with van der Waals surface area (Å²) in [5, 5.41) is 8.65. The van der Waals surface area contributed by atoms with Crippen LogP contribution in [-0.2, 0) is 10.5 Å². The first kappa shape index (κ1) is 20.4. The van der Waals surface area contributed by atoms with Crippen LogP contribution in [0.25, 0.3) is 16.9 Å². The summed E-state index contributed by atoms with van der Waals surface area (Å²) >= 11 is 1.66. The zero-order valence-corrected chi connectivity index (χ0v) is 18.4. The molecule has 0 unspecified atom stereocenters. The minimum Gasteiger partial charge on any atom is -0.351 e. The van der Waals surface area contributed by atoms with Gasteiger partial charge < -0.3 is 9.80 Å². The molecule has 0 N–H and O–H groups in total. The molecule has 162 valence electrons. The van der Waals surface area contributed by atoms with E-state index in [1.165, 1.54) is 5.56 Å². The van der Waals surface area contributed by atoms with Crippen molar-refractivity contribution in [3.8, 4) is 5.69 Å². The Morgan fingerprint density at radius 3 is 2.38 bits per heavy atom. The fourth-order valence-corrected chi connectivity index (χ4v) is 4.69. The Hall–Kier alpha value is -3.46. The molecule has 0 radical (unpaired) electrons. The minimum atomic E-state index is 0.188. The summed E-state index contributed by atoms with van der Waals surface area (Å²) in [5.74, 6) is 2.30. The van der Waals surface area contributed by atoms with E-state index in [0.29, 0.717) is 43.1 Å². The molecule has 1 aliphatic rings. The monoisotopic (exact) mass is 445 g/mol. The maximum absolute atomic E-state index is 12.6. The Kier molecular flexibility index (Phi) is 5.98. The third-order valence-electron chi connectivity index (χ3n) is 5.49. The highest BCUT2D eigenvalue weighted by Crippen LogP contribution is 2.23. The molecule has 0 atom stereocenters. The van der Waals surface area contributed by atoms with Crippen molar-refractivity contribution in [2.75, 3.05) is 36.8 Å². The molecule has 1 amide bonds. The lowest BCUT2D eigenvalue weighted by Gasteiger charge is -2.35. The van der Waals surface area contributed by atoms with Crippen LogP contribution in [0.1, 0.15) is 5.56 Å². The maximum Gasteiger partial charge on any atom is 0.232 e. The van der Waals surface area contributed by atoms with E-state index in [2.05, 4.69) is 37.3 Å². The molecule has 1 aliphatic heterocycles. The van der Waals surface area contributed by atoms with Crippen molar-refractivity contribution >= 4 is 34.7 Å². The first-order chi connectivity index (χ1) is 15.8. The van der Waals surface area contributed by atoms with Gasteiger partial charge in [0.25, 0.3) is 0 Å². The van der Waals surface area contributed by atoms with Crippen LogP contribution in [0.5, 0.6) is 0 Å². The van der Waals surface area contributed by atoms with Crippen LogP contribution in [-0.4, -0.2) is 67.7 Å². The second-order valence-electron chi connectivity index (χ2n) is 7.55. The SMILES string of the molecule is O=C(CSCc1ccccc1)N1CCN(c2ncnc3c2nnn3-c2ccccc2)CC1. The smallest absolute Gasteiger partial charge is 0.232 e. The molecule has 8 nitrogen and oxygen atoms in total. The molecule has 9 heteroatoms. The van der Waals surface area contributed by atoms with Gasteiger partial charge in [0.1, 0.15) is 6.33 Å². The topological polar surface area (TPSA) is 80.0 Å². The van der Waals surface area contributed by atoms with Crippen molar-refractivity contribution in [2.24, 2.45) is 0 Å². The van der Waals surface area contributed by atoms with Gasteiger partial charge >= 0.3 is 0 Å². The molecule has 0 saturated carbocycles. The molecule has 3 heterocycles. The van der Waals surface area contributed by atoms with E-state index < -0.39 is 0 Å². The van der Waals surface area contributed by atoms with Crippen molar-refractivity contribution in [1.82, 2.24) is 29.9 Å². The number of anilines is 1.